The third-order valence-corrected chi connectivity index (χ3v) is 8.15. The summed E-state index contributed by atoms with van der Waals surface area (Å²) < 4.78 is 2.13. The van der Waals surface area contributed by atoms with Gasteiger partial charge in [-0.3, -0.25) is 9.79 Å². The summed E-state index contributed by atoms with van der Waals surface area (Å²) in [4.78, 5) is 31.6. The summed E-state index contributed by atoms with van der Waals surface area (Å²) in [5.74, 6) is 1.63. The Labute approximate surface area is 243 Å². The zero-order valence-electron chi connectivity index (χ0n) is 25.2. The second-order valence-electron chi connectivity index (χ2n) is 11.3. The van der Waals surface area contributed by atoms with Gasteiger partial charge in [0.1, 0.15) is 23.4 Å². The van der Waals surface area contributed by atoms with Gasteiger partial charge in [0.05, 0.1) is 11.4 Å². The highest BCUT2D eigenvalue weighted by atomic mass is 16.2. The summed E-state index contributed by atoms with van der Waals surface area (Å²) in [7, 11) is 1.78. The van der Waals surface area contributed by atoms with Crippen LogP contribution in [0.25, 0.3) is 16.7 Å². The van der Waals surface area contributed by atoms with Crippen molar-refractivity contribution in [3.8, 4) is 0 Å². The summed E-state index contributed by atoms with van der Waals surface area (Å²) in [6, 6.07) is 10.2. The van der Waals surface area contributed by atoms with Crippen molar-refractivity contribution >= 4 is 28.5 Å². The molecule has 3 aromatic rings. The van der Waals surface area contributed by atoms with E-state index in [1.54, 1.807) is 25.5 Å². The van der Waals surface area contributed by atoms with Gasteiger partial charge in [0.2, 0.25) is 0 Å². The molecule has 41 heavy (non-hydrogen) atoms. The largest absolute Gasteiger partial charge is 0.371 e. The number of amidine groups is 1. The third kappa shape index (κ3) is 5.64. The van der Waals surface area contributed by atoms with Crippen molar-refractivity contribution in [2.24, 2.45) is 4.99 Å². The number of carbonyl (C=O) groups is 1. The van der Waals surface area contributed by atoms with Crippen molar-refractivity contribution in [1.29, 1.82) is 0 Å². The Bertz CT molecular complexity index is 1580. The van der Waals surface area contributed by atoms with Crippen LogP contribution in [0.3, 0.4) is 0 Å². The van der Waals surface area contributed by atoms with Crippen LogP contribution in [0.2, 0.25) is 0 Å². The van der Waals surface area contributed by atoms with Gasteiger partial charge >= 0.3 is 0 Å². The van der Waals surface area contributed by atoms with Crippen LogP contribution in [0.5, 0.6) is 0 Å². The van der Waals surface area contributed by atoms with E-state index in [1.807, 2.05) is 38.1 Å². The second-order valence-corrected chi connectivity index (χ2v) is 11.3. The normalized spacial score (nSPS) is 18.7. The van der Waals surface area contributed by atoms with Gasteiger partial charge < -0.3 is 15.2 Å². The third-order valence-electron chi connectivity index (χ3n) is 8.15. The van der Waals surface area contributed by atoms with E-state index in [-0.39, 0.29) is 17.4 Å². The molecule has 1 aromatic carbocycles. The van der Waals surface area contributed by atoms with Gasteiger partial charge in [-0.05, 0) is 56.9 Å². The van der Waals surface area contributed by atoms with Crippen molar-refractivity contribution in [1.82, 2.24) is 30.2 Å². The maximum Gasteiger partial charge on any atom is 0.252 e. The standard InChI is InChI=1S/C33H41N7O/c1-10-26-25(30(41)39-33(26,8)19-24-15-13-12-14-16-24)18-17-21(3)27-28-29(36-20-35-27)40(11-2)31(38-28)32(6,7)22(4)37-23(5)34-9/h10,12-18,20,22H,1,3,11,19H2,2,4-9H3,(H,34,37)(H,39,41)/b18-17-. The minimum Gasteiger partial charge on any atom is -0.371 e. The highest BCUT2D eigenvalue weighted by Crippen LogP contribution is 2.34. The number of rotatable bonds is 10. The highest BCUT2D eigenvalue weighted by Gasteiger charge is 2.39. The van der Waals surface area contributed by atoms with Gasteiger partial charge in [0.15, 0.2) is 5.65 Å². The molecule has 1 amide bonds. The van der Waals surface area contributed by atoms with Crippen LogP contribution in [0.1, 0.15) is 58.6 Å². The minimum atomic E-state index is -0.560. The highest BCUT2D eigenvalue weighted by molar-refractivity contribution is 6.02. The number of allylic oxidation sites excluding steroid dienone is 2. The molecule has 0 fully saturated rings. The van der Waals surface area contributed by atoms with E-state index < -0.39 is 5.54 Å². The number of hydrogen-bond acceptors (Lipinski definition) is 5. The summed E-state index contributed by atoms with van der Waals surface area (Å²) >= 11 is 0. The first-order valence-electron chi connectivity index (χ1n) is 14.0. The van der Waals surface area contributed by atoms with E-state index in [0.717, 1.165) is 28.4 Å². The quantitative estimate of drug-likeness (QED) is 0.202. The molecule has 214 valence electrons. The van der Waals surface area contributed by atoms with E-state index in [4.69, 9.17) is 4.98 Å². The Balaban J connectivity index is 1.70. The lowest BCUT2D eigenvalue weighted by Crippen LogP contribution is -2.46. The molecule has 2 N–H and O–H groups in total. The maximum absolute atomic E-state index is 13.1. The molecule has 2 unspecified atom stereocenters. The Kier molecular flexibility index (Phi) is 8.42. The lowest BCUT2D eigenvalue weighted by molar-refractivity contribution is -0.117. The first-order valence-corrected chi connectivity index (χ1v) is 14.0. The Morgan fingerprint density at radius 1 is 1.27 bits per heavy atom. The first-order chi connectivity index (χ1) is 19.5. The van der Waals surface area contributed by atoms with E-state index in [0.29, 0.717) is 35.3 Å². The number of nitrogens with one attached hydrogen (secondary N) is 2. The molecule has 1 aliphatic rings. The van der Waals surface area contributed by atoms with Gasteiger partial charge in [0.25, 0.3) is 5.91 Å². The summed E-state index contributed by atoms with van der Waals surface area (Å²) in [6.45, 7) is 21.6. The van der Waals surface area contributed by atoms with Crippen LogP contribution in [0.15, 0.2) is 84.2 Å². The molecular formula is C33H41N7O. The average molecular weight is 552 g/mol. The topological polar surface area (TPSA) is 97.1 Å². The lowest BCUT2D eigenvalue weighted by Gasteiger charge is -2.32. The van der Waals surface area contributed by atoms with Crippen LogP contribution in [0, 0.1) is 0 Å². The smallest absolute Gasteiger partial charge is 0.252 e. The predicted molar refractivity (Wildman–Crippen MR) is 168 cm³/mol. The fourth-order valence-corrected chi connectivity index (χ4v) is 5.43. The maximum atomic E-state index is 13.1. The van der Waals surface area contributed by atoms with E-state index in [9.17, 15) is 4.79 Å². The molecule has 2 atom stereocenters. The van der Waals surface area contributed by atoms with Crippen LogP contribution in [0.4, 0.5) is 0 Å². The van der Waals surface area contributed by atoms with Crippen LogP contribution in [-0.2, 0) is 23.2 Å². The zero-order valence-corrected chi connectivity index (χ0v) is 25.2. The number of fused-ring (bicyclic) bond motifs is 1. The van der Waals surface area contributed by atoms with Crippen molar-refractivity contribution in [3.63, 3.8) is 0 Å². The summed E-state index contributed by atoms with van der Waals surface area (Å²) in [6.07, 6.45) is 7.61. The molecule has 2 aromatic heterocycles. The number of aromatic nitrogens is 4. The van der Waals surface area contributed by atoms with E-state index in [2.05, 4.69) is 83.1 Å². The first kappa shape index (κ1) is 29.6. The number of amides is 1. The molecule has 0 spiro atoms. The van der Waals surface area contributed by atoms with Crippen LogP contribution in [-0.4, -0.2) is 49.9 Å². The molecule has 8 nitrogen and oxygen atoms in total. The summed E-state index contributed by atoms with van der Waals surface area (Å²) in [5.41, 5.74) is 4.37. The van der Waals surface area contributed by atoms with Gasteiger partial charge in [-0.1, -0.05) is 69.5 Å². The Morgan fingerprint density at radius 3 is 2.61 bits per heavy atom. The van der Waals surface area contributed by atoms with Crippen molar-refractivity contribution in [2.45, 2.75) is 71.5 Å². The molecule has 0 bridgehead atoms. The molecule has 8 heteroatoms. The molecule has 0 saturated heterocycles. The van der Waals surface area contributed by atoms with Crippen molar-refractivity contribution in [2.75, 3.05) is 7.05 Å². The van der Waals surface area contributed by atoms with Gasteiger partial charge in [0, 0.05) is 30.6 Å². The number of hydrogen-bond donors (Lipinski definition) is 2. The Hall–Kier alpha value is -4.33. The molecule has 0 aliphatic carbocycles. The average Bonchev–Trinajstić information content (AvgIpc) is 3.45. The fourth-order valence-electron chi connectivity index (χ4n) is 5.43. The SMILES string of the molecule is C=CC1=C(/C=C\C(=C)c2ncnc3c2nc(C(C)(C)C(C)NC(C)=NC)n3CC)C(=O)NC1(C)Cc1ccccc1. The van der Waals surface area contributed by atoms with Gasteiger partial charge in [-0.25, -0.2) is 15.0 Å². The number of aryl methyl sites for hydroxylation is 1. The predicted octanol–water partition coefficient (Wildman–Crippen LogP) is 5.33. The van der Waals surface area contributed by atoms with Gasteiger partial charge in [-0.15, -0.1) is 0 Å². The number of aliphatic imine (C=N–C) groups is 1. The molecule has 4 rings (SSSR count). The number of carbonyl (C=O) groups excluding carboxylic acids is 1. The zero-order chi connectivity index (χ0) is 29.9. The summed E-state index contributed by atoms with van der Waals surface area (Å²) in [5, 5.41) is 6.63. The second kappa shape index (κ2) is 11.6. The monoisotopic (exact) mass is 551 g/mol. The molecule has 3 heterocycles. The number of imidazole rings is 1. The van der Waals surface area contributed by atoms with Crippen LogP contribution >= 0.6 is 0 Å². The Morgan fingerprint density at radius 2 is 1.98 bits per heavy atom. The molecular weight excluding hydrogens is 510 g/mol. The van der Waals surface area contributed by atoms with Crippen molar-refractivity contribution < 1.29 is 4.79 Å². The lowest BCUT2D eigenvalue weighted by atomic mass is 9.84. The molecule has 0 saturated carbocycles. The van der Waals surface area contributed by atoms with E-state index >= 15 is 0 Å². The van der Waals surface area contributed by atoms with Crippen LogP contribution < -0.4 is 10.6 Å². The van der Waals surface area contributed by atoms with Crippen molar-refractivity contribution in [3.05, 3.63) is 96.3 Å². The minimum absolute atomic E-state index is 0.0585. The number of benzene rings is 1. The molecule has 1 aliphatic heterocycles. The number of nitrogens with zero attached hydrogens (tertiary/aromatic N) is 5. The van der Waals surface area contributed by atoms with Gasteiger partial charge in [-0.2, -0.15) is 0 Å². The van der Waals surface area contributed by atoms with E-state index in [1.165, 1.54) is 0 Å². The molecule has 0 radical (unpaired) electrons. The fraction of sp³-hybridized carbons (Fsp3) is 0.364.